The van der Waals surface area contributed by atoms with Crippen LogP contribution in [0.3, 0.4) is 0 Å². The van der Waals surface area contributed by atoms with Crippen LogP contribution in [0.2, 0.25) is 0 Å². The fourth-order valence-corrected chi connectivity index (χ4v) is 3.68. The summed E-state index contributed by atoms with van der Waals surface area (Å²) in [7, 11) is -4.02. The SMILES string of the molecule is CCOc1ccc(S(=O)(=O)NNC(=O)c2nn(C(C)C)c(=O)c3ccccc23)cc1. The monoisotopic (exact) mass is 430 g/mol. The molecule has 1 heterocycles. The molecule has 10 heteroatoms. The Labute approximate surface area is 173 Å². The van der Waals surface area contributed by atoms with Crippen LogP contribution in [0.25, 0.3) is 10.8 Å². The maximum absolute atomic E-state index is 12.7. The number of sulfonamides is 1. The second-order valence-electron chi connectivity index (χ2n) is 6.70. The highest BCUT2D eigenvalue weighted by atomic mass is 32.2. The van der Waals surface area contributed by atoms with Gasteiger partial charge in [-0.25, -0.2) is 13.1 Å². The summed E-state index contributed by atoms with van der Waals surface area (Å²) in [6.07, 6.45) is 0. The first-order valence-electron chi connectivity index (χ1n) is 9.31. The highest BCUT2D eigenvalue weighted by molar-refractivity contribution is 7.89. The van der Waals surface area contributed by atoms with Crippen molar-refractivity contribution in [2.75, 3.05) is 6.61 Å². The van der Waals surface area contributed by atoms with E-state index in [4.69, 9.17) is 4.74 Å². The molecule has 0 spiro atoms. The molecular weight excluding hydrogens is 408 g/mol. The zero-order chi connectivity index (χ0) is 21.9. The molecule has 0 fully saturated rings. The van der Waals surface area contributed by atoms with Gasteiger partial charge in [-0.05, 0) is 51.1 Å². The van der Waals surface area contributed by atoms with E-state index in [2.05, 4.69) is 15.4 Å². The minimum Gasteiger partial charge on any atom is -0.494 e. The van der Waals surface area contributed by atoms with E-state index < -0.39 is 15.9 Å². The molecule has 0 bridgehead atoms. The van der Waals surface area contributed by atoms with Crippen molar-refractivity contribution in [2.45, 2.75) is 31.7 Å². The summed E-state index contributed by atoms with van der Waals surface area (Å²) in [6, 6.07) is 12.0. The standard InChI is InChI=1S/C20H22N4O5S/c1-4-29-14-9-11-15(12-10-14)30(27,28)23-21-19(25)18-16-7-5-6-8-17(16)20(26)24(22-18)13(2)3/h5-13,23H,4H2,1-3H3,(H,21,25). The molecule has 30 heavy (non-hydrogen) atoms. The van der Waals surface area contributed by atoms with Gasteiger partial charge in [0.05, 0.1) is 22.9 Å². The third-order valence-electron chi connectivity index (χ3n) is 4.28. The number of benzene rings is 2. The molecule has 0 aliphatic heterocycles. The molecule has 3 aromatic rings. The van der Waals surface area contributed by atoms with Gasteiger partial charge >= 0.3 is 0 Å². The molecule has 0 radical (unpaired) electrons. The molecule has 158 valence electrons. The predicted molar refractivity (Wildman–Crippen MR) is 112 cm³/mol. The number of ether oxygens (including phenoxy) is 1. The summed E-state index contributed by atoms with van der Waals surface area (Å²) in [5.74, 6) is -0.248. The Kier molecular flexibility index (Phi) is 6.18. The van der Waals surface area contributed by atoms with E-state index in [1.165, 1.54) is 28.9 Å². The number of nitrogens with one attached hydrogen (secondary N) is 2. The number of nitrogens with zero attached hydrogens (tertiary/aromatic N) is 2. The molecule has 2 N–H and O–H groups in total. The zero-order valence-electron chi connectivity index (χ0n) is 16.7. The molecule has 9 nitrogen and oxygen atoms in total. The molecule has 1 aromatic heterocycles. The lowest BCUT2D eigenvalue weighted by atomic mass is 10.1. The van der Waals surface area contributed by atoms with E-state index in [0.717, 1.165) is 0 Å². The number of rotatable bonds is 7. The van der Waals surface area contributed by atoms with Crippen molar-refractivity contribution in [2.24, 2.45) is 0 Å². The Hall–Kier alpha value is -3.24. The Balaban J connectivity index is 1.88. The minimum atomic E-state index is -4.02. The maximum Gasteiger partial charge on any atom is 0.287 e. The quantitative estimate of drug-likeness (QED) is 0.553. The minimum absolute atomic E-state index is 0.0452. The van der Waals surface area contributed by atoms with Gasteiger partial charge in [0.2, 0.25) is 0 Å². The van der Waals surface area contributed by atoms with Gasteiger partial charge in [0.15, 0.2) is 5.69 Å². The molecular formula is C20H22N4O5S. The number of amides is 1. The summed E-state index contributed by atoms with van der Waals surface area (Å²) in [6.45, 7) is 5.81. The van der Waals surface area contributed by atoms with Crippen molar-refractivity contribution in [1.82, 2.24) is 20.0 Å². The van der Waals surface area contributed by atoms with Crippen molar-refractivity contribution >= 4 is 26.7 Å². The lowest BCUT2D eigenvalue weighted by Crippen LogP contribution is -2.42. The van der Waals surface area contributed by atoms with Crippen molar-refractivity contribution in [1.29, 1.82) is 0 Å². The Morgan fingerprint density at radius 1 is 1.10 bits per heavy atom. The van der Waals surface area contributed by atoms with Gasteiger partial charge in [-0.3, -0.25) is 15.0 Å². The lowest BCUT2D eigenvalue weighted by molar-refractivity contribution is 0.0939. The summed E-state index contributed by atoms with van der Waals surface area (Å²) < 4.78 is 31.5. The second kappa shape index (κ2) is 8.64. The third-order valence-corrected chi connectivity index (χ3v) is 5.54. The van der Waals surface area contributed by atoms with E-state index in [1.54, 1.807) is 38.1 Å². The molecule has 0 atom stereocenters. The molecule has 0 unspecified atom stereocenters. The number of fused-ring (bicyclic) bond motifs is 1. The number of hydrogen-bond acceptors (Lipinski definition) is 6. The van der Waals surface area contributed by atoms with Crippen LogP contribution in [0.1, 0.15) is 37.3 Å². The van der Waals surface area contributed by atoms with Gasteiger partial charge in [0.25, 0.3) is 21.5 Å². The fourth-order valence-electron chi connectivity index (χ4n) is 2.84. The summed E-state index contributed by atoms with van der Waals surface area (Å²) in [4.78, 5) is 27.3. The first kappa shape index (κ1) is 21.5. The van der Waals surface area contributed by atoms with E-state index >= 15 is 0 Å². The number of aromatic nitrogens is 2. The molecule has 0 aliphatic carbocycles. The van der Waals surface area contributed by atoms with Crippen molar-refractivity contribution in [3.63, 3.8) is 0 Å². The van der Waals surface area contributed by atoms with Crippen LogP contribution in [0.5, 0.6) is 5.75 Å². The van der Waals surface area contributed by atoms with Crippen LogP contribution >= 0.6 is 0 Å². The molecule has 3 rings (SSSR count). The molecule has 0 saturated heterocycles. The first-order valence-corrected chi connectivity index (χ1v) is 10.8. The average molecular weight is 430 g/mol. The van der Waals surface area contributed by atoms with Crippen LogP contribution in [0.4, 0.5) is 0 Å². The van der Waals surface area contributed by atoms with E-state index in [9.17, 15) is 18.0 Å². The molecule has 2 aromatic carbocycles. The smallest absolute Gasteiger partial charge is 0.287 e. The van der Waals surface area contributed by atoms with E-state index in [1.807, 2.05) is 6.92 Å². The van der Waals surface area contributed by atoms with Gasteiger partial charge in [-0.1, -0.05) is 18.2 Å². The second-order valence-corrected chi connectivity index (χ2v) is 8.38. The van der Waals surface area contributed by atoms with Crippen LogP contribution < -0.4 is 20.6 Å². The largest absolute Gasteiger partial charge is 0.494 e. The van der Waals surface area contributed by atoms with Crippen molar-refractivity contribution in [3.05, 3.63) is 64.6 Å². The van der Waals surface area contributed by atoms with Gasteiger partial charge in [0.1, 0.15) is 5.75 Å². The number of hydrazine groups is 1. The maximum atomic E-state index is 12.7. The van der Waals surface area contributed by atoms with E-state index in [-0.39, 0.29) is 22.2 Å². The Morgan fingerprint density at radius 2 is 1.73 bits per heavy atom. The zero-order valence-corrected chi connectivity index (χ0v) is 17.6. The molecule has 0 aliphatic rings. The average Bonchev–Trinajstić information content (AvgIpc) is 2.73. The van der Waals surface area contributed by atoms with Crippen LogP contribution in [-0.4, -0.2) is 30.7 Å². The van der Waals surface area contributed by atoms with Gasteiger partial charge in [-0.15, -0.1) is 4.83 Å². The first-order chi connectivity index (χ1) is 14.2. The number of hydrogen-bond donors (Lipinski definition) is 2. The van der Waals surface area contributed by atoms with E-state index in [0.29, 0.717) is 23.1 Å². The van der Waals surface area contributed by atoms with Gasteiger partial charge in [-0.2, -0.15) is 5.10 Å². The van der Waals surface area contributed by atoms with Crippen LogP contribution in [0, 0.1) is 0 Å². The summed E-state index contributed by atoms with van der Waals surface area (Å²) in [5, 5.41) is 4.80. The molecule has 1 amide bonds. The number of carbonyl (C=O) groups is 1. The highest BCUT2D eigenvalue weighted by Crippen LogP contribution is 2.17. The van der Waals surface area contributed by atoms with Crippen molar-refractivity contribution in [3.8, 4) is 5.75 Å². The topological polar surface area (TPSA) is 119 Å². The third kappa shape index (κ3) is 4.34. The fraction of sp³-hybridized carbons (Fsp3) is 0.250. The Bertz CT molecular complexity index is 1230. The van der Waals surface area contributed by atoms with Gasteiger partial charge in [0, 0.05) is 5.39 Å². The van der Waals surface area contributed by atoms with Crippen LogP contribution in [-0.2, 0) is 10.0 Å². The van der Waals surface area contributed by atoms with Gasteiger partial charge < -0.3 is 4.74 Å². The lowest BCUT2D eigenvalue weighted by Gasteiger charge is -2.14. The number of carbonyl (C=O) groups excluding carboxylic acids is 1. The summed E-state index contributed by atoms with van der Waals surface area (Å²) in [5.41, 5.74) is 1.78. The highest BCUT2D eigenvalue weighted by Gasteiger charge is 2.20. The molecule has 0 saturated carbocycles. The van der Waals surface area contributed by atoms with Crippen molar-refractivity contribution < 1.29 is 17.9 Å². The Morgan fingerprint density at radius 3 is 2.33 bits per heavy atom. The normalized spacial score (nSPS) is 11.6. The predicted octanol–water partition coefficient (Wildman–Crippen LogP) is 2.00. The summed E-state index contributed by atoms with van der Waals surface area (Å²) >= 11 is 0. The van der Waals surface area contributed by atoms with Crippen LogP contribution in [0.15, 0.2) is 58.2 Å².